The number of carbonyl (C=O) groups is 1. The second kappa shape index (κ2) is 8.92. The summed E-state index contributed by atoms with van der Waals surface area (Å²) in [7, 11) is 3.91. The molecule has 8 heteroatoms. The number of ether oxygens (including phenoxy) is 1. The van der Waals surface area contributed by atoms with E-state index < -0.39 is 5.91 Å². The average Bonchev–Trinajstić information content (AvgIpc) is 2.69. The lowest BCUT2D eigenvalue weighted by molar-refractivity contribution is 0.102. The van der Waals surface area contributed by atoms with Gasteiger partial charge in [0.15, 0.2) is 0 Å². The molecule has 1 N–H and O–H groups in total. The highest BCUT2D eigenvalue weighted by Gasteiger charge is 2.11. The van der Waals surface area contributed by atoms with Crippen molar-refractivity contribution in [3.8, 4) is 11.6 Å². The molecule has 1 amide bonds. The number of carbonyl (C=O) groups excluding carboxylic acids is 1. The van der Waals surface area contributed by atoms with Gasteiger partial charge in [0.05, 0.1) is 5.69 Å². The molecule has 0 atom stereocenters. The summed E-state index contributed by atoms with van der Waals surface area (Å²) in [5, 5.41) is 6.92. The molecule has 144 valence electrons. The van der Waals surface area contributed by atoms with Gasteiger partial charge in [0, 0.05) is 30.6 Å². The van der Waals surface area contributed by atoms with Crippen LogP contribution in [0, 0.1) is 0 Å². The number of anilines is 1. The van der Waals surface area contributed by atoms with Crippen LogP contribution in [-0.2, 0) is 0 Å². The third-order valence-corrected chi connectivity index (χ3v) is 3.81. The summed E-state index contributed by atoms with van der Waals surface area (Å²) in [5.74, 6) is -0.0167. The van der Waals surface area contributed by atoms with E-state index in [1.54, 1.807) is 42.6 Å². The first-order valence-corrected chi connectivity index (χ1v) is 8.74. The molecule has 0 saturated heterocycles. The highest BCUT2D eigenvalue weighted by Crippen LogP contribution is 2.15. The minimum atomic E-state index is -0.435. The van der Waals surface area contributed by atoms with E-state index in [0.717, 1.165) is 6.54 Å². The Morgan fingerprint density at radius 3 is 2.68 bits per heavy atom. The van der Waals surface area contributed by atoms with E-state index in [9.17, 15) is 9.59 Å². The van der Waals surface area contributed by atoms with Crippen molar-refractivity contribution in [1.82, 2.24) is 19.7 Å². The van der Waals surface area contributed by atoms with Gasteiger partial charge in [-0.25, -0.2) is 4.98 Å². The van der Waals surface area contributed by atoms with Crippen molar-refractivity contribution in [2.45, 2.75) is 0 Å². The fourth-order valence-corrected chi connectivity index (χ4v) is 2.38. The van der Waals surface area contributed by atoms with E-state index in [4.69, 9.17) is 4.74 Å². The van der Waals surface area contributed by atoms with Crippen LogP contribution in [0.1, 0.15) is 10.5 Å². The molecule has 2 heterocycles. The Labute approximate surface area is 162 Å². The maximum atomic E-state index is 12.6. The molecule has 0 unspecified atom stereocenters. The second-order valence-corrected chi connectivity index (χ2v) is 6.29. The Morgan fingerprint density at radius 1 is 1.14 bits per heavy atom. The third-order valence-electron chi connectivity index (χ3n) is 3.81. The molecule has 0 spiro atoms. The Bertz CT molecular complexity index is 1000. The van der Waals surface area contributed by atoms with Gasteiger partial charge in [-0.3, -0.25) is 9.59 Å². The quantitative estimate of drug-likeness (QED) is 0.674. The van der Waals surface area contributed by atoms with E-state index in [0.29, 0.717) is 23.9 Å². The molecule has 1 aromatic carbocycles. The average molecular weight is 379 g/mol. The predicted octanol–water partition coefficient (Wildman–Crippen LogP) is 1.82. The minimum absolute atomic E-state index is 0.121. The molecule has 0 saturated carbocycles. The highest BCUT2D eigenvalue weighted by atomic mass is 16.5. The maximum absolute atomic E-state index is 12.6. The van der Waals surface area contributed by atoms with Crippen molar-refractivity contribution in [2.24, 2.45) is 0 Å². The normalized spacial score (nSPS) is 10.7. The first-order chi connectivity index (χ1) is 13.5. The van der Waals surface area contributed by atoms with Crippen LogP contribution < -0.4 is 15.6 Å². The molecular weight excluding hydrogens is 358 g/mol. The number of nitrogens with one attached hydrogen (secondary N) is 1. The van der Waals surface area contributed by atoms with Crippen molar-refractivity contribution in [3.05, 3.63) is 76.8 Å². The first kappa shape index (κ1) is 19.2. The number of hydrogen-bond donors (Lipinski definition) is 1. The number of likely N-dealkylation sites (N-methyl/N-ethyl adjacent to an activating group) is 1. The van der Waals surface area contributed by atoms with Gasteiger partial charge in [0.2, 0.25) is 5.88 Å². The number of amides is 1. The minimum Gasteiger partial charge on any atom is -0.476 e. The first-order valence-electron chi connectivity index (χ1n) is 8.74. The van der Waals surface area contributed by atoms with E-state index >= 15 is 0 Å². The second-order valence-electron chi connectivity index (χ2n) is 6.29. The van der Waals surface area contributed by atoms with Crippen LogP contribution in [0.25, 0.3) is 5.69 Å². The Balaban J connectivity index is 1.74. The molecule has 0 aliphatic rings. The summed E-state index contributed by atoms with van der Waals surface area (Å²) in [4.78, 5) is 30.8. The van der Waals surface area contributed by atoms with Crippen LogP contribution in [0.3, 0.4) is 0 Å². The van der Waals surface area contributed by atoms with Crippen molar-refractivity contribution in [2.75, 3.05) is 32.6 Å². The number of aromatic nitrogens is 3. The lowest BCUT2D eigenvalue weighted by Gasteiger charge is -2.11. The third kappa shape index (κ3) is 5.01. The molecule has 3 aromatic rings. The van der Waals surface area contributed by atoms with Crippen LogP contribution in [0.4, 0.5) is 5.69 Å². The Hall–Kier alpha value is -3.52. The number of rotatable bonds is 7. The van der Waals surface area contributed by atoms with Gasteiger partial charge in [0.25, 0.3) is 11.5 Å². The van der Waals surface area contributed by atoms with Gasteiger partial charge in [-0.1, -0.05) is 18.2 Å². The summed E-state index contributed by atoms with van der Waals surface area (Å²) in [6, 6.07) is 14.9. The molecule has 0 aliphatic heterocycles. The summed E-state index contributed by atoms with van der Waals surface area (Å²) in [6.07, 6.45) is 1.55. The van der Waals surface area contributed by atoms with Gasteiger partial charge < -0.3 is 15.0 Å². The Kier molecular flexibility index (Phi) is 6.13. The number of benzene rings is 1. The molecule has 0 bridgehead atoms. The largest absolute Gasteiger partial charge is 0.476 e. The summed E-state index contributed by atoms with van der Waals surface area (Å²) >= 11 is 0. The van der Waals surface area contributed by atoms with Crippen LogP contribution in [-0.4, -0.2) is 52.8 Å². The lowest BCUT2D eigenvalue weighted by atomic mass is 10.3. The van der Waals surface area contributed by atoms with Gasteiger partial charge in [-0.15, -0.1) is 0 Å². The molecule has 0 fully saturated rings. The SMILES string of the molecule is CN(C)CCOc1cc(NC(=O)c2ccc(=O)n(-c3ccccc3)n2)ccn1. The zero-order valence-corrected chi connectivity index (χ0v) is 15.7. The van der Waals surface area contributed by atoms with Crippen LogP contribution in [0.5, 0.6) is 5.88 Å². The molecule has 3 rings (SSSR count). The molecule has 8 nitrogen and oxygen atoms in total. The predicted molar refractivity (Wildman–Crippen MR) is 106 cm³/mol. The lowest BCUT2D eigenvalue weighted by Crippen LogP contribution is -2.24. The zero-order chi connectivity index (χ0) is 19.9. The molecule has 0 radical (unpaired) electrons. The fraction of sp³-hybridized carbons (Fsp3) is 0.200. The molecule has 28 heavy (non-hydrogen) atoms. The zero-order valence-electron chi connectivity index (χ0n) is 15.7. The van der Waals surface area contributed by atoms with Gasteiger partial charge >= 0.3 is 0 Å². The van der Waals surface area contributed by atoms with Crippen molar-refractivity contribution >= 4 is 11.6 Å². The molecule has 2 aromatic heterocycles. The summed E-state index contributed by atoms with van der Waals surface area (Å²) in [5.41, 5.74) is 0.917. The van der Waals surface area contributed by atoms with Crippen LogP contribution >= 0.6 is 0 Å². The molecular formula is C20H21N5O3. The monoisotopic (exact) mass is 379 g/mol. The van der Waals surface area contributed by atoms with E-state index in [1.807, 2.05) is 25.1 Å². The molecule has 0 aliphatic carbocycles. The van der Waals surface area contributed by atoms with E-state index in [1.165, 1.54) is 16.8 Å². The highest BCUT2D eigenvalue weighted by molar-refractivity contribution is 6.02. The van der Waals surface area contributed by atoms with Crippen molar-refractivity contribution < 1.29 is 9.53 Å². The Morgan fingerprint density at radius 2 is 1.93 bits per heavy atom. The summed E-state index contributed by atoms with van der Waals surface area (Å²) < 4.78 is 6.76. The van der Waals surface area contributed by atoms with Gasteiger partial charge in [-0.05, 0) is 38.4 Å². The van der Waals surface area contributed by atoms with Gasteiger partial charge in [0.1, 0.15) is 12.3 Å². The van der Waals surface area contributed by atoms with Crippen molar-refractivity contribution in [3.63, 3.8) is 0 Å². The van der Waals surface area contributed by atoms with Crippen LogP contribution in [0.2, 0.25) is 0 Å². The smallest absolute Gasteiger partial charge is 0.276 e. The van der Waals surface area contributed by atoms with E-state index in [2.05, 4.69) is 15.4 Å². The van der Waals surface area contributed by atoms with Crippen LogP contribution in [0.15, 0.2) is 65.6 Å². The van der Waals surface area contributed by atoms with Gasteiger partial charge in [-0.2, -0.15) is 9.78 Å². The maximum Gasteiger partial charge on any atom is 0.276 e. The number of hydrogen-bond acceptors (Lipinski definition) is 6. The number of para-hydroxylation sites is 1. The topological polar surface area (TPSA) is 89.4 Å². The number of nitrogens with zero attached hydrogens (tertiary/aromatic N) is 4. The standard InChI is InChI=1S/C20H21N5O3/c1-24(2)12-13-28-18-14-15(10-11-21-18)22-20(27)17-8-9-19(26)25(23-17)16-6-4-3-5-7-16/h3-11,14H,12-13H2,1-2H3,(H,21,22,27). The fourth-order valence-electron chi connectivity index (χ4n) is 2.38. The van der Waals surface area contributed by atoms with Crippen molar-refractivity contribution in [1.29, 1.82) is 0 Å². The van der Waals surface area contributed by atoms with E-state index in [-0.39, 0.29) is 11.3 Å². The summed E-state index contributed by atoms with van der Waals surface area (Å²) in [6.45, 7) is 1.24. The number of pyridine rings is 1.